The Balaban J connectivity index is 2.66. The van der Waals surface area contributed by atoms with Crippen LogP contribution in [0.25, 0.3) is 0 Å². The third-order valence-corrected chi connectivity index (χ3v) is 2.58. The lowest BCUT2D eigenvalue weighted by molar-refractivity contribution is 0.462. The fraction of sp³-hybridized carbons (Fsp3) is 0.556. The van der Waals surface area contributed by atoms with Gasteiger partial charge in [-0.15, -0.1) is 11.6 Å². The Morgan fingerprint density at radius 3 is 2.92 bits per heavy atom. The topological polar surface area (TPSA) is 39.4 Å². The van der Waals surface area contributed by atoms with Crippen LogP contribution in [0.15, 0.2) is 17.6 Å². The first-order chi connectivity index (χ1) is 6.33. The minimum absolute atomic E-state index is 0.581. The summed E-state index contributed by atoms with van der Waals surface area (Å²) in [5.74, 6) is 0. The summed E-state index contributed by atoms with van der Waals surface area (Å²) in [6.45, 7) is 4.48. The molecule has 0 radical (unpaired) electrons. The predicted octanol–water partition coefficient (Wildman–Crippen LogP) is 1.84. The molecule has 0 unspecified atom stereocenters. The molecule has 0 N–H and O–H groups in total. The molecule has 3 nitrogen and oxygen atoms in total. The maximum atomic E-state index is 8.48. The molecule has 0 bridgehead atoms. The summed E-state index contributed by atoms with van der Waals surface area (Å²) in [6.07, 6.45) is 8.03. The SMILES string of the molecule is C=CCN(C(=NC#N)SC)C1CC1. The van der Waals surface area contributed by atoms with E-state index in [1.165, 1.54) is 24.6 Å². The van der Waals surface area contributed by atoms with Gasteiger partial charge in [-0.05, 0) is 19.1 Å². The normalized spacial score (nSPS) is 16.5. The van der Waals surface area contributed by atoms with Crippen LogP contribution >= 0.6 is 11.8 Å². The van der Waals surface area contributed by atoms with Crippen LogP contribution in [0, 0.1) is 11.5 Å². The summed E-state index contributed by atoms with van der Waals surface area (Å²) in [5, 5.41) is 9.29. The zero-order valence-corrected chi connectivity index (χ0v) is 8.55. The Bertz CT molecular complexity index is 250. The van der Waals surface area contributed by atoms with Crippen LogP contribution in [0.5, 0.6) is 0 Å². The fourth-order valence-corrected chi connectivity index (χ4v) is 1.77. The second-order valence-corrected chi connectivity index (χ2v) is 3.64. The van der Waals surface area contributed by atoms with Crippen molar-refractivity contribution < 1.29 is 0 Å². The van der Waals surface area contributed by atoms with E-state index in [9.17, 15) is 0 Å². The first-order valence-electron chi connectivity index (χ1n) is 4.21. The number of thioether (sulfide) groups is 1. The number of aliphatic imine (C=N–C) groups is 1. The van der Waals surface area contributed by atoms with Gasteiger partial charge >= 0.3 is 0 Å². The van der Waals surface area contributed by atoms with E-state index < -0.39 is 0 Å². The summed E-state index contributed by atoms with van der Waals surface area (Å²) >= 11 is 1.52. The van der Waals surface area contributed by atoms with Crippen LogP contribution in [0.1, 0.15) is 12.8 Å². The molecular formula is C9H13N3S. The van der Waals surface area contributed by atoms with Gasteiger partial charge < -0.3 is 4.90 Å². The van der Waals surface area contributed by atoms with Gasteiger partial charge in [0.25, 0.3) is 0 Å². The lowest BCUT2D eigenvalue weighted by atomic mass is 10.5. The molecule has 0 atom stereocenters. The first kappa shape index (κ1) is 10.1. The van der Waals surface area contributed by atoms with E-state index in [2.05, 4.69) is 16.5 Å². The monoisotopic (exact) mass is 195 g/mol. The van der Waals surface area contributed by atoms with Gasteiger partial charge in [-0.1, -0.05) is 17.8 Å². The van der Waals surface area contributed by atoms with Gasteiger partial charge in [-0.25, -0.2) is 0 Å². The fourth-order valence-electron chi connectivity index (χ4n) is 1.18. The van der Waals surface area contributed by atoms with Crippen molar-refractivity contribution in [2.24, 2.45) is 4.99 Å². The lowest BCUT2D eigenvalue weighted by Crippen LogP contribution is -2.30. The van der Waals surface area contributed by atoms with E-state index >= 15 is 0 Å². The quantitative estimate of drug-likeness (QED) is 0.298. The summed E-state index contributed by atoms with van der Waals surface area (Å²) in [5.41, 5.74) is 0. The largest absolute Gasteiger partial charge is 0.344 e. The molecule has 1 aliphatic carbocycles. The Morgan fingerprint density at radius 2 is 2.54 bits per heavy atom. The van der Waals surface area contributed by atoms with Crippen molar-refractivity contribution in [3.05, 3.63) is 12.7 Å². The maximum Gasteiger partial charge on any atom is 0.208 e. The van der Waals surface area contributed by atoms with Crippen molar-refractivity contribution in [1.29, 1.82) is 5.26 Å². The zero-order chi connectivity index (χ0) is 9.68. The molecule has 0 amide bonds. The summed E-state index contributed by atoms with van der Waals surface area (Å²) in [6, 6.07) is 0.581. The molecule has 1 rings (SSSR count). The second kappa shape index (κ2) is 4.93. The van der Waals surface area contributed by atoms with Gasteiger partial charge in [-0.2, -0.15) is 5.26 Å². The molecule has 0 aromatic carbocycles. The molecule has 4 heteroatoms. The van der Waals surface area contributed by atoms with Gasteiger partial charge in [0, 0.05) is 12.6 Å². The smallest absolute Gasteiger partial charge is 0.208 e. The van der Waals surface area contributed by atoms with E-state index in [-0.39, 0.29) is 0 Å². The molecule has 0 aromatic heterocycles. The van der Waals surface area contributed by atoms with Crippen molar-refractivity contribution in [3.8, 4) is 6.19 Å². The molecule has 0 aliphatic heterocycles. The molecular weight excluding hydrogens is 182 g/mol. The van der Waals surface area contributed by atoms with Crippen molar-refractivity contribution in [2.75, 3.05) is 12.8 Å². The summed E-state index contributed by atoms with van der Waals surface area (Å²) in [4.78, 5) is 5.93. The van der Waals surface area contributed by atoms with Gasteiger partial charge in [0.2, 0.25) is 6.19 Å². The number of nitrogens with zero attached hydrogens (tertiary/aromatic N) is 3. The van der Waals surface area contributed by atoms with Crippen LogP contribution in [0.2, 0.25) is 0 Å². The highest BCUT2D eigenvalue weighted by Gasteiger charge is 2.30. The molecule has 1 aliphatic rings. The average Bonchev–Trinajstić information content (AvgIpc) is 2.94. The molecule has 1 saturated carbocycles. The van der Waals surface area contributed by atoms with Crippen LogP contribution in [-0.2, 0) is 0 Å². The third kappa shape index (κ3) is 2.78. The molecule has 0 spiro atoms. The number of nitriles is 1. The lowest BCUT2D eigenvalue weighted by Gasteiger charge is -2.21. The van der Waals surface area contributed by atoms with Gasteiger partial charge in [0.15, 0.2) is 5.17 Å². The van der Waals surface area contributed by atoms with E-state index in [0.717, 1.165) is 11.7 Å². The molecule has 0 heterocycles. The molecule has 0 saturated heterocycles. The average molecular weight is 195 g/mol. The Kier molecular flexibility index (Phi) is 3.84. The molecule has 1 fully saturated rings. The zero-order valence-electron chi connectivity index (χ0n) is 7.73. The van der Waals surface area contributed by atoms with Crippen LogP contribution in [0.3, 0.4) is 0 Å². The predicted molar refractivity (Wildman–Crippen MR) is 56.5 cm³/mol. The number of hydrogen-bond donors (Lipinski definition) is 0. The number of rotatable bonds is 3. The van der Waals surface area contributed by atoms with Crippen LogP contribution in [0.4, 0.5) is 0 Å². The summed E-state index contributed by atoms with van der Waals surface area (Å²) in [7, 11) is 0. The molecule has 13 heavy (non-hydrogen) atoms. The third-order valence-electron chi connectivity index (χ3n) is 1.89. The van der Waals surface area contributed by atoms with Crippen molar-refractivity contribution in [1.82, 2.24) is 4.90 Å². The minimum atomic E-state index is 0.581. The van der Waals surface area contributed by atoms with Gasteiger partial charge in [0.1, 0.15) is 0 Å². The standard InChI is InChI=1S/C9H13N3S/c1-3-6-12(8-4-5-8)9(13-2)11-7-10/h3,8H,1,4-6H2,2H3. The summed E-state index contributed by atoms with van der Waals surface area (Å²) < 4.78 is 0. The van der Waals surface area contributed by atoms with E-state index in [1.807, 2.05) is 18.5 Å². The van der Waals surface area contributed by atoms with Crippen LogP contribution < -0.4 is 0 Å². The Hall–Kier alpha value is -0.950. The highest BCUT2D eigenvalue weighted by molar-refractivity contribution is 8.13. The van der Waals surface area contributed by atoms with E-state index in [4.69, 9.17) is 5.26 Å². The minimum Gasteiger partial charge on any atom is -0.344 e. The number of hydrogen-bond acceptors (Lipinski definition) is 3. The first-order valence-corrected chi connectivity index (χ1v) is 5.44. The van der Waals surface area contributed by atoms with Crippen LogP contribution in [-0.4, -0.2) is 28.9 Å². The van der Waals surface area contributed by atoms with Crippen molar-refractivity contribution in [2.45, 2.75) is 18.9 Å². The number of amidine groups is 1. The van der Waals surface area contributed by atoms with Crippen molar-refractivity contribution >= 4 is 16.9 Å². The van der Waals surface area contributed by atoms with Crippen molar-refractivity contribution in [3.63, 3.8) is 0 Å². The van der Waals surface area contributed by atoms with Gasteiger partial charge in [-0.3, -0.25) is 0 Å². The highest BCUT2D eigenvalue weighted by Crippen LogP contribution is 2.28. The van der Waals surface area contributed by atoms with Gasteiger partial charge in [0.05, 0.1) is 0 Å². The highest BCUT2D eigenvalue weighted by atomic mass is 32.2. The Morgan fingerprint density at radius 1 is 1.85 bits per heavy atom. The van der Waals surface area contributed by atoms with E-state index in [0.29, 0.717) is 6.04 Å². The molecule has 0 aromatic rings. The van der Waals surface area contributed by atoms with E-state index in [1.54, 1.807) is 0 Å². The maximum absolute atomic E-state index is 8.48. The second-order valence-electron chi connectivity index (χ2n) is 2.87. The Labute approximate surface area is 83.1 Å². The molecule has 70 valence electrons.